The van der Waals surface area contributed by atoms with Crippen molar-refractivity contribution in [1.82, 2.24) is 0 Å². The molecule has 0 unspecified atom stereocenters. The van der Waals surface area contributed by atoms with Gasteiger partial charge >= 0.3 is 5.97 Å². The number of carboxylic acids is 1. The summed E-state index contributed by atoms with van der Waals surface area (Å²) in [6, 6.07) is 5.31. The second kappa shape index (κ2) is 5.48. The van der Waals surface area contributed by atoms with Gasteiger partial charge in [-0.1, -0.05) is 0 Å². The molecule has 2 rings (SSSR count). The molecule has 1 N–H and O–H groups in total. The number of fused-ring (bicyclic) bond motifs is 1. The first-order valence-corrected chi connectivity index (χ1v) is 6.93. The molecule has 0 atom stereocenters. The van der Waals surface area contributed by atoms with E-state index in [4.69, 9.17) is 14.6 Å². The Hall–Kier alpha value is -1.75. The van der Waals surface area contributed by atoms with E-state index >= 15 is 0 Å². The molecule has 0 spiro atoms. The van der Waals surface area contributed by atoms with Crippen molar-refractivity contribution in [2.75, 3.05) is 6.61 Å². The van der Waals surface area contributed by atoms with E-state index in [0.29, 0.717) is 23.0 Å². The Morgan fingerprint density at radius 2 is 2.11 bits per heavy atom. The van der Waals surface area contributed by atoms with Gasteiger partial charge in [-0.3, -0.25) is 0 Å². The fraction of sp³-hybridized carbons (Fsp3) is 0.357. The van der Waals surface area contributed by atoms with Crippen molar-refractivity contribution in [2.45, 2.75) is 26.9 Å². The number of aromatic carboxylic acids is 1. The summed E-state index contributed by atoms with van der Waals surface area (Å²) in [6.45, 7) is 6.31. The summed E-state index contributed by atoms with van der Waals surface area (Å²) in [5, 5.41) is 9.88. The van der Waals surface area contributed by atoms with E-state index in [1.165, 1.54) is 11.3 Å². The van der Waals surface area contributed by atoms with Crippen molar-refractivity contribution >= 4 is 27.4 Å². The first-order valence-electron chi connectivity index (χ1n) is 6.11. The van der Waals surface area contributed by atoms with E-state index in [9.17, 15) is 4.79 Å². The fourth-order valence-electron chi connectivity index (χ4n) is 1.80. The van der Waals surface area contributed by atoms with Crippen LogP contribution in [-0.4, -0.2) is 23.8 Å². The number of carboxylic acid groups (broad SMARTS) is 1. The second-order valence-corrected chi connectivity index (χ2v) is 5.43. The first kappa shape index (κ1) is 13.7. The van der Waals surface area contributed by atoms with Crippen molar-refractivity contribution in [3.05, 3.63) is 23.1 Å². The molecule has 1 aromatic carbocycles. The molecule has 4 nitrogen and oxygen atoms in total. The number of benzene rings is 1. The van der Waals surface area contributed by atoms with Crippen LogP contribution in [0, 0.1) is 0 Å². The zero-order chi connectivity index (χ0) is 14.0. The molecule has 102 valence electrons. The van der Waals surface area contributed by atoms with E-state index in [0.717, 1.165) is 10.1 Å². The normalized spacial score (nSPS) is 10.9. The largest absolute Gasteiger partial charge is 0.493 e. The third-order valence-corrected chi connectivity index (χ3v) is 3.53. The maximum Gasteiger partial charge on any atom is 0.345 e. The lowest BCUT2D eigenvalue weighted by atomic mass is 10.2. The maximum atomic E-state index is 11.0. The first-order chi connectivity index (χ1) is 9.01. The summed E-state index contributed by atoms with van der Waals surface area (Å²) in [4.78, 5) is 11.3. The highest BCUT2D eigenvalue weighted by molar-refractivity contribution is 7.20. The van der Waals surface area contributed by atoms with Gasteiger partial charge < -0.3 is 14.6 Å². The lowest BCUT2D eigenvalue weighted by Crippen LogP contribution is -2.05. The quantitative estimate of drug-likeness (QED) is 0.905. The molecule has 0 bridgehead atoms. The molecule has 5 heteroatoms. The van der Waals surface area contributed by atoms with E-state index in [1.807, 2.05) is 32.9 Å². The van der Waals surface area contributed by atoms with Crippen LogP contribution in [-0.2, 0) is 0 Å². The summed E-state index contributed by atoms with van der Waals surface area (Å²) in [5.41, 5.74) is 0. The van der Waals surface area contributed by atoms with E-state index in [-0.39, 0.29) is 6.10 Å². The van der Waals surface area contributed by atoms with Gasteiger partial charge in [-0.05, 0) is 32.9 Å². The van der Waals surface area contributed by atoms with Gasteiger partial charge in [0.05, 0.1) is 12.7 Å². The minimum atomic E-state index is -0.921. The second-order valence-electron chi connectivity index (χ2n) is 4.35. The minimum absolute atomic E-state index is 0.0610. The molecule has 0 saturated carbocycles. The SMILES string of the molecule is CCOc1cc(OC(C)C)cc2sc(C(=O)O)cc12. The molecule has 1 heterocycles. The zero-order valence-corrected chi connectivity index (χ0v) is 11.9. The highest BCUT2D eigenvalue weighted by Crippen LogP contribution is 2.37. The predicted molar refractivity (Wildman–Crippen MR) is 75.7 cm³/mol. The van der Waals surface area contributed by atoms with Crippen LogP contribution in [0.1, 0.15) is 30.4 Å². The molecule has 1 aromatic heterocycles. The van der Waals surface area contributed by atoms with Crippen molar-refractivity contribution in [3.8, 4) is 11.5 Å². The number of thiophene rings is 1. The van der Waals surface area contributed by atoms with Crippen molar-refractivity contribution in [3.63, 3.8) is 0 Å². The van der Waals surface area contributed by atoms with Crippen LogP contribution in [0.5, 0.6) is 11.5 Å². The molecule has 0 amide bonds. The number of carbonyl (C=O) groups is 1. The number of hydrogen-bond donors (Lipinski definition) is 1. The van der Waals surface area contributed by atoms with Gasteiger partial charge in [0.1, 0.15) is 16.4 Å². The molecule has 0 aliphatic heterocycles. The van der Waals surface area contributed by atoms with Gasteiger partial charge in [-0.2, -0.15) is 0 Å². The van der Waals surface area contributed by atoms with Gasteiger partial charge in [0.15, 0.2) is 0 Å². The topological polar surface area (TPSA) is 55.8 Å². The molecule has 0 aliphatic carbocycles. The van der Waals surface area contributed by atoms with E-state index in [2.05, 4.69) is 0 Å². The van der Waals surface area contributed by atoms with Crippen molar-refractivity contribution in [2.24, 2.45) is 0 Å². The summed E-state index contributed by atoms with van der Waals surface area (Å²) >= 11 is 1.23. The van der Waals surface area contributed by atoms with Gasteiger partial charge in [0, 0.05) is 16.2 Å². The van der Waals surface area contributed by atoms with E-state index < -0.39 is 5.97 Å². The van der Waals surface area contributed by atoms with Crippen LogP contribution < -0.4 is 9.47 Å². The summed E-state index contributed by atoms with van der Waals surface area (Å²) in [5.74, 6) is 0.444. The number of rotatable bonds is 5. The third-order valence-electron chi connectivity index (χ3n) is 2.46. The predicted octanol–water partition coefficient (Wildman–Crippen LogP) is 3.79. The Morgan fingerprint density at radius 1 is 1.37 bits per heavy atom. The lowest BCUT2D eigenvalue weighted by molar-refractivity contribution is 0.0702. The monoisotopic (exact) mass is 280 g/mol. The molecule has 0 saturated heterocycles. The number of hydrogen-bond acceptors (Lipinski definition) is 4. The maximum absolute atomic E-state index is 11.0. The summed E-state index contributed by atoms with van der Waals surface area (Å²) in [7, 11) is 0. The van der Waals surface area contributed by atoms with E-state index in [1.54, 1.807) is 6.07 Å². The summed E-state index contributed by atoms with van der Waals surface area (Å²) in [6.07, 6.45) is 0.0610. The minimum Gasteiger partial charge on any atom is -0.493 e. The summed E-state index contributed by atoms with van der Waals surface area (Å²) < 4.78 is 12.1. The van der Waals surface area contributed by atoms with Crippen LogP contribution >= 0.6 is 11.3 Å². The Labute approximate surface area is 115 Å². The lowest BCUT2D eigenvalue weighted by Gasteiger charge is -2.12. The van der Waals surface area contributed by atoms with Gasteiger partial charge in [0.2, 0.25) is 0 Å². The van der Waals surface area contributed by atoms with Crippen LogP contribution in [0.3, 0.4) is 0 Å². The Bertz CT molecular complexity index is 601. The molecule has 0 radical (unpaired) electrons. The molecule has 2 aromatic rings. The molecule has 0 aliphatic rings. The Kier molecular flexibility index (Phi) is 3.95. The van der Waals surface area contributed by atoms with Crippen molar-refractivity contribution in [1.29, 1.82) is 0 Å². The van der Waals surface area contributed by atoms with Gasteiger partial charge in [-0.25, -0.2) is 4.79 Å². The molecule has 0 fully saturated rings. The number of ether oxygens (including phenoxy) is 2. The molecule has 19 heavy (non-hydrogen) atoms. The zero-order valence-electron chi connectivity index (χ0n) is 11.1. The highest BCUT2D eigenvalue weighted by Gasteiger charge is 2.14. The van der Waals surface area contributed by atoms with Crippen LogP contribution in [0.25, 0.3) is 10.1 Å². The average molecular weight is 280 g/mol. The van der Waals surface area contributed by atoms with Crippen LogP contribution in [0.15, 0.2) is 18.2 Å². The van der Waals surface area contributed by atoms with Crippen molar-refractivity contribution < 1.29 is 19.4 Å². The van der Waals surface area contributed by atoms with Crippen LogP contribution in [0.2, 0.25) is 0 Å². The molecular weight excluding hydrogens is 264 g/mol. The smallest absolute Gasteiger partial charge is 0.345 e. The third kappa shape index (κ3) is 2.98. The fourth-order valence-corrected chi connectivity index (χ4v) is 2.75. The average Bonchev–Trinajstić information content (AvgIpc) is 2.72. The Morgan fingerprint density at radius 3 is 2.68 bits per heavy atom. The van der Waals surface area contributed by atoms with Crippen LogP contribution in [0.4, 0.5) is 0 Å². The van der Waals surface area contributed by atoms with Gasteiger partial charge in [-0.15, -0.1) is 11.3 Å². The Balaban J connectivity index is 2.54. The van der Waals surface area contributed by atoms with Gasteiger partial charge in [0.25, 0.3) is 0 Å². The molecular formula is C14H16O4S. The highest BCUT2D eigenvalue weighted by atomic mass is 32.1. The standard InChI is InChI=1S/C14H16O4S/c1-4-17-11-5-9(18-8(2)3)6-12-10(11)7-13(19-12)14(15)16/h5-8H,4H2,1-3H3,(H,15,16).